The van der Waals surface area contributed by atoms with Crippen LogP contribution in [-0.2, 0) is 14.8 Å². The molecule has 1 heterocycles. The Morgan fingerprint density at radius 3 is 2.53 bits per heavy atom. The topological polar surface area (TPSA) is 72.6 Å². The zero-order chi connectivity index (χ0) is 14.0. The molecule has 5 nitrogen and oxygen atoms in total. The third-order valence-electron chi connectivity index (χ3n) is 3.34. The van der Waals surface area contributed by atoms with Crippen LogP contribution in [0.4, 0.5) is 5.69 Å². The molecule has 0 unspecified atom stereocenters. The summed E-state index contributed by atoms with van der Waals surface area (Å²) < 4.78 is 32.3. The minimum atomic E-state index is -3.44. The number of piperidine rings is 1. The van der Waals surface area contributed by atoms with Crippen molar-refractivity contribution in [2.75, 3.05) is 25.9 Å². The van der Waals surface area contributed by atoms with Crippen molar-refractivity contribution in [3.63, 3.8) is 0 Å². The number of hydrogen-bond acceptors (Lipinski definition) is 4. The van der Waals surface area contributed by atoms with Gasteiger partial charge in [0.05, 0.1) is 11.0 Å². The highest BCUT2D eigenvalue weighted by molar-refractivity contribution is 9.10. The summed E-state index contributed by atoms with van der Waals surface area (Å²) in [5.41, 5.74) is 6.20. The van der Waals surface area contributed by atoms with Crippen LogP contribution in [0.1, 0.15) is 12.8 Å². The molecule has 1 saturated heterocycles. The molecule has 1 aromatic rings. The molecule has 1 aromatic carbocycles. The summed E-state index contributed by atoms with van der Waals surface area (Å²) in [5.74, 6) is 0. The SMILES string of the molecule is COC1CCN(S(=O)(=O)c2ccc(N)c(Br)c2)CC1. The molecule has 0 amide bonds. The number of nitrogen functional groups attached to an aromatic ring is 1. The first-order valence-electron chi connectivity index (χ1n) is 6.03. The first kappa shape index (κ1) is 14.8. The Hall–Kier alpha value is -0.630. The van der Waals surface area contributed by atoms with Crippen LogP contribution in [0.25, 0.3) is 0 Å². The van der Waals surface area contributed by atoms with Gasteiger partial charge in [-0.3, -0.25) is 0 Å². The van der Waals surface area contributed by atoms with E-state index < -0.39 is 10.0 Å². The van der Waals surface area contributed by atoms with Gasteiger partial charge >= 0.3 is 0 Å². The Morgan fingerprint density at radius 2 is 2.00 bits per heavy atom. The summed E-state index contributed by atoms with van der Waals surface area (Å²) in [6.45, 7) is 0.978. The van der Waals surface area contributed by atoms with Gasteiger partial charge in [0.15, 0.2) is 0 Å². The normalized spacial score (nSPS) is 18.6. The second kappa shape index (κ2) is 5.78. The Labute approximate surface area is 121 Å². The van der Waals surface area contributed by atoms with Crippen LogP contribution >= 0.6 is 15.9 Å². The fourth-order valence-corrected chi connectivity index (χ4v) is 4.15. The smallest absolute Gasteiger partial charge is 0.243 e. The van der Waals surface area contributed by atoms with Crippen LogP contribution in [0.15, 0.2) is 27.6 Å². The van der Waals surface area contributed by atoms with Crippen molar-refractivity contribution in [1.82, 2.24) is 4.31 Å². The monoisotopic (exact) mass is 348 g/mol. The number of rotatable bonds is 3. The van der Waals surface area contributed by atoms with Crippen molar-refractivity contribution in [2.24, 2.45) is 0 Å². The number of methoxy groups -OCH3 is 1. The van der Waals surface area contributed by atoms with E-state index in [9.17, 15) is 8.42 Å². The lowest BCUT2D eigenvalue weighted by Crippen LogP contribution is -2.40. The second-order valence-electron chi connectivity index (χ2n) is 4.52. The molecule has 1 aliphatic heterocycles. The van der Waals surface area contributed by atoms with Crippen LogP contribution in [0, 0.1) is 0 Å². The van der Waals surface area contributed by atoms with Gasteiger partial charge in [-0.05, 0) is 47.0 Å². The highest BCUT2D eigenvalue weighted by Gasteiger charge is 2.29. The molecule has 0 radical (unpaired) electrons. The number of benzene rings is 1. The number of ether oxygens (including phenoxy) is 1. The van der Waals surface area contributed by atoms with E-state index in [1.54, 1.807) is 19.2 Å². The number of nitrogens with two attached hydrogens (primary N) is 1. The maximum absolute atomic E-state index is 12.5. The lowest BCUT2D eigenvalue weighted by Gasteiger charge is -2.30. The van der Waals surface area contributed by atoms with Crippen LogP contribution in [-0.4, -0.2) is 39.0 Å². The number of nitrogens with zero attached hydrogens (tertiary/aromatic N) is 1. The average Bonchev–Trinajstić information content (AvgIpc) is 2.41. The quantitative estimate of drug-likeness (QED) is 0.845. The summed E-state index contributed by atoms with van der Waals surface area (Å²) in [6, 6.07) is 4.68. The fourth-order valence-electron chi connectivity index (χ4n) is 2.13. The lowest BCUT2D eigenvalue weighted by molar-refractivity contribution is 0.0604. The molecule has 1 fully saturated rings. The number of sulfonamides is 1. The molecule has 7 heteroatoms. The third kappa shape index (κ3) is 3.10. The van der Waals surface area contributed by atoms with E-state index in [1.807, 2.05) is 0 Å². The van der Waals surface area contributed by atoms with E-state index in [-0.39, 0.29) is 11.0 Å². The van der Waals surface area contributed by atoms with E-state index >= 15 is 0 Å². The predicted molar refractivity (Wildman–Crippen MR) is 77.3 cm³/mol. The first-order valence-corrected chi connectivity index (χ1v) is 8.26. The summed E-state index contributed by atoms with van der Waals surface area (Å²) in [5, 5.41) is 0. The second-order valence-corrected chi connectivity index (χ2v) is 7.31. The minimum Gasteiger partial charge on any atom is -0.398 e. The van der Waals surface area contributed by atoms with Gasteiger partial charge in [-0.15, -0.1) is 0 Å². The van der Waals surface area contributed by atoms with Gasteiger partial charge in [0.25, 0.3) is 0 Å². The zero-order valence-electron chi connectivity index (χ0n) is 10.7. The van der Waals surface area contributed by atoms with Crippen molar-refractivity contribution in [3.05, 3.63) is 22.7 Å². The molecule has 0 aromatic heterocycles. The van der Waals surface area contributed by atoms with Crippen molar-refractivity contribution < 1.29 is 13.2 Å². The maximum atomic E-state index is 12.5. The van der Waals surface area contributed by atoms with Gasteiger partial charge in [0, 0.05) is 30.4 Å². The van der Waals surface area contributed by atoms with Gasteiger partial charge in [0.2, 0.25) is 10.0 Å². The van der Waals surface area contributed by atoms with Crippen LogP contribution in [0.2, 0.25) is 0 Å². The average molecular weight is 349 g/mol. The van der Waals surface area contributed by atoms with Crippen molar-refractivity contribution in [2.45, 2.75) is 23.8 Å². The van der Waals surface area contributed by atoms with Crippen molar-refractivity contribution in [1.29, 1.82) is 0 Å². The molecular formula is C12H17BrN2O3S. The molecule has 19 heavy (non-hydrogen) atoms. The largest absolute Gasteiger partial charge is 0.398 e. The molecule has 106 valence electrons. The van der Waals surface area contributed by atoms with Gasteiger partial charge in [-0.25, -0.2) is 8.42 Å². The van der Waals surface area contributed by atoms with E-state index in [4.69, 9.17) is 10.5 Å². The molecule has 0 saturated carbocycles. The maximum Gasteiger partial charge on any atom is 0.243 e. The number of anilines is 1. The van der Waals surface area contributed by atoms with Crippen LogP contribution in [0.5, 0.6) is 0 Å². The molecule has 1 aliphatic rings. The molecule has 2 N–H and O–H groups in total. The number of halogens is 1. The highest BCUT2D eigenvalue weighted by atomic mass is 79.9. The summed E-state index contributed by atoms with van der Waals surface area (Å²) in [6.07, 6.45) is 1.61. The fraction of sp³-hybridized carbons (Fsp3) is 0.500. The lowest BCUT2D eigenvalue weighted by atomic mass is 10.1. The standard InChI is InChI=1S/C12H17BrN2O3S/c1-18-9-4-6-15(7-5-9)19(16,17)10-2-3-12(14)11(13)8-10/h2-3,8-9H,4-7,14H2,1H3. The molecule has 0 spiro atoms. The van der Waals surface area contributed by atoms with Crippen LogP contribution < -0.4 is 5.73 Å². The number of hydrogen-bond donors (Lipinski definition) is 1. The Balaban J connectivity index is 2.21. The molecule has 2 rings (SSSR count). The Bertz CT molecular complexity index is 554. The highest BCUT2D eigenvalue weighted by Crippen LogP contribution is 2.27. The molecule has 0 aliphatic carbocycles. The van der Waals surface area contributed by atoms with E-state index in [2.05, 4.69) is 15.9 Å². The van der Waals surface area contributed by atoms with Gasteiger partial charge in [0.1, 0.15) is 0 Å². The summed E-state index contributed by atoms with van der Waals surface area (Å²) >= 11 is 3.26. The minimum absolute atomic E-state index is 0.157. The van der Waals surface area contributed by atoms with E-state index in [0.717, 1.165) is 12.8 Å². The zero-order valence-corrected chi connectivity index (χ0v) is 13.1. The van der Waals surface area contributed by atoms with Gasteiger partial charge in [-0.1, -0.05) is 0 Å². The van der Waals surface area contributed by atoms with E-state index in [0.29, 0.717) is 23.2 Å². The third-order valence-corrected chi connectivity index (χ3v) is 5.93. The molecular weight excluding hydrogens is 332 g/mol. The molecule has 0 atom stereocenters. The first-order chi connectivity index (χ1) is 8.95. The Kier molecular flexibility index (Phi) is 4.50. The summed E-state index contributed by atoms with van der Waals surface area (Å²) in [4.78, 5) is 0.268. The molecule has 0 bridgehead atoms. The predicted octanol–water partition coefficient (Wildman–Crippen LogP) is 1.83. The van der Waals surface area contributed by atoms with Crippen molar-refractivity contribution >= 4 is 31.6 Å². The van der Waals surface area contributed by atoms with Crippen molar-refractivity contribution in [3.8, 4) is 0 Å². The van der Waals surface area contributed by atoms with Gasteiger partial charge < -0.3 is 10.5 Å². The van der Waals surface area contributed by atoms with Crippen LogP contribution in [0.3, 0.4) is 0 Å². The summed E-state index contributed by atoms with van der Waals surface area (Å²) in [7, 11) is -1.78. The Morgan fingerprint density at radius 1 is 1.37 bits per heavy atom. The van der Waals surface area contributed by atoms with E-state index in [1.165, 1.54) is 10.4 Å². The van der Waals surface area contributed by atoms with Gasteiger partial charge in [-0.2, -0.15) is 4.31 Å².